The lowest BCUT2D eigenvalue weighted by atomic mass is 9.96. The molecule has 0 bridgehead atoms. The van der Waals surface area contributed by atoms with Gasteiger partial charge in [-0.2, -0.15) is 0 Å². The smallest absolute Gasteiger partial charge is 0.350 e. The van der Waals surface area contributed by atoms with Gasteiger partial charge < -0.3 is 15.8 Å². The number of ether oxygens (including phenoxy) is 1. The van der Waals surface area contributed by atoms with Gasteiger partial charge >= 0.3 is 5.97 Å². The molecule has 1 aromatic heterocycles. The summed E-state index contributed by atoms with van der Waals surface area (Å²) in [5.41, 5.74) is 6.53. The van der Waals surface area contributed by atoms with Crippen molar-refractivity contribution in [2.75, 3.05) is 12.3 Å². The maximum Gasteiger partial charge on any atom is 0.350 e. The molecule has 1 saturated carbocycles. The van der Waals surface area contributed by atoms with Gasteiger partial charge in [-0.1, -0.05) is 19.3 Å². The zero-order valence-electron chi connectivity index (χ0n) is 12.5. The molecular formula is C15H19N3O3S. The fraction of sp³-hybridized carbons (Fsp3) is 0.533. The molecule has 0 saturated heterocycles. The predicted molar refractivity (Wildman–Crippen MR) is 85.6 cm³/mol. The molecule has 1 aromatic rings. The van der Waals surface area contributed by atoms with E-state index in [-0.39, 0.29) is 29.1 Å². The van der Waals surface area contributed by atoms with Crippen molar-refractivity contribution in [3.63, 3.8) is 0 Å². The molecule has 118 valence electrons. The maximum absolute atomic E-state index is 12.1. The van der Waals surface area contributed by atoms with Gasteiger partial charge in [0.1, 0.15) is 10.7 Å². The fourth-order valence-corrected chi connectivity index (χ4v) is 3.96. The van der Waals surface area contributed by atoms with Gasteiger partial charge in [-0.15, -0.1) is 11.3 Å². The monoisotopic (exact) mass is 321 g/mol. The Morgan fingerprint density at radius 3 is 2.82 bits per heavy atom. The highest BCUT2D eigenvalue weighted by atomic mass is 32.1. The number of hydrogen-bond donors (Lipinski definition) is 2. The number of carbonyl (C=O) groups is 2. The third-order valence-corrected chi connectivity index (χ3v) is 5.16. The number of aliphatic imine (C=N–C) groups is 1. The Bertz CT molecular complexity index is 645. The summed E-state index contributed by atoms with van der Waals surface area (Å²) in [4.78, 5) is 29.7. The van der Waals surface area contributed by atoms with Crippen LogP contribution in [0.3, 0.4) is 0 Å². The molecule has 1 aliphatic heterocycles. The highest BCUT2D eigenvalue weighted by Gasteiger charge is 2.35. The molecule has 6 nitrogen and oxygen atoms in total. The zero-order valence-corrected chi connectivity index (χ0v) is 13.3. The van der Waals surface area contributed by atoms with Gasteiger partial charge in [-0.3, -0.25) is 9.79 Å². The van der Waals surface area contributed by atoms with Gasteiger partial charge in [0, 0.05) is 0 Å². The molecule has 2 aliphatic rings. The molecule has 1 aliphatic carbocycles. The Labute approximate surface area is 132 Å². The number of nitrogens with zero attached hydrogens (tertiary/aromatic N) is 1. The second-order valence-electron chi connectivity index (χ2n) is 5.49. The summed E-state index contributed by atoms with van der Waals surface area (Å²) < 4.78 is 4.99. The number of nitrogen functional groups attached to an aromatic ring is 1. The van der Waals surface area contributed by atoms with E-state index < -0.39 is 5.97 Å². The zero-order chi connectivity index (χ0) is 15.7. The molecule has 2 heterocycles. The standard InChI is InChI=1S/C15H19N3O3S/c1-2-21-15(20)12-10(16)9-11(22-12)13(18-14(9)19)17-8-6-4-3-5-7-8/h8H,2-7,16H2,1H3,(H,17,18,19). The van der Waals surface area contributed by atoms with Gasteiger partial charge in [-0.25, -0.2) is 4.79 Å². The lowest BCUT2D eigenvalue weighted by Crippen LogP contribution is -2.25. The highest BCUT2D eigenvalue weighted by molar-refractivity contribution is 7.17. The van der Waals surface area contributed by atoms with Crippen LogP contribution >= 0.6 is 11.3 Å². The summed E-state index contributed by atoms with van der Waals surface area (Å²) in [7, 11) is 0. The molecule has 7 heteroatoms. The molecule has 0 aromatic carbocycles. The van der Waals surface area contributed by atoms with Gasteiger partial charge in [0.05, 0.1) is 28.8 Å². The molecule has 0 atom stereocenters. The summed E-state index contributed by atoms with van der Waals surface area (Å²) in [5, 5.41) is 2.77. The summed E-state index contributed by atoms with van der Waals surface area (Å²) in [5.74, 6) is -0.211. The first-order valence-corrected chi connectivity index (χ1v) is 8.42. The van der Waals surface area contributed by atoms with Gasteiger partial charge in [-0.05, 0) is 19.8 Å². The number of nitrogens with one attached hydrogen (secondary N) is 1. The molecule has 1 fully saturated rings. The molecule has 0 radical (unpaired) electrons. The van der Waals surface area contributed by atoms with E-state index in [1.165, 1.54) is 30.6 Å². The van der Waals surface area contributed by atoms with Crippen molar-refractivity contribution in [3.05, 3.63) is 15.3 Å². The Morgan fingerprint density at radius 1 is 1.41 bits per heavy atom. The summed E-state index contributed by atoms with van der Waals surface area (Å²) in [6, 6.07) is 0.240. The van der Waals surface area contributed by atoms with Crippen molar-refractivity contribution in [1.82, 2.24) is 5.32 Å². The molecule has 3 rings (SSSR count). The van der Waals surface area contributed by atoms with Crippen LogP contribution in [-0.2, 0) is 4.74 Å². The van der Waals surface area contributed by atoms with E-state index in [2.05, 4.69) is 10.3 Å². The summed E-state index contributed by atoms with van der Waals surface area (Å²) in [6.07, 6.45) is 5.67. The lowest BCUT2D eigenvalue weighted by Gasteiger charge is -2.18. The topological polar surface area (TPSA) is 93.8 Å². The Balaban J connectivity index is 1.93. The van der Waals surface area contributed by atoms with E-state index in [0.29, 0.717) is 16.3 Å². The molecule has 0 spiro atoms. The number of carbonyl (C=O) groups excluding carboxylic acids is 2. The van der Waals surface area contributed by atoms with Crippen LogP contribution in [0.1, 0.15) is 63.9 Å². The minimum atomic E-state index is -0.482. The summed E-state index contributed by atoms with van der Waals surface area (Å²) in [6.45, 7) is 2.01. The Morgan fingerprint density at radius 2 is 2.14 bits per heavy atom. The van der Waals surface area contributed by atoms with Crippen LogP contribution in [-0.4, -0.2) is 30.4 Å². The minimum Gasteiger partial charge on any atom is -0.462 e. The van der Waals surface area contributed by atoms with Crippen molar-refractivity contribution in [1.29, 1.82) is 0 Å². The number of hydrogen-bond acceptors (Lipinski definition) is 6. The van der Waals surface area contributed by atoms with Crippen LogP contribution < -0.4 is 11.1 Å². The van der Waals surface area contributed by atoms with Crippen LogP contribution in [0, 0.1) is 0 Å². The van der Waals surface area contributed by atoms with Crippen molar-refractivity contribution in [2.45, 2.75) is 45.1 Å². The van der Waals surface area contributed by atoms with Crippen molar-refractivity contribution in [3.8, 4) is 0 Å². The molecular weight excluding hydrogens is 302 g/mol. The Kier molecular flexibility index (Phi) is 4.15. The SMILES string of the molecule is CCOC(=O)c1sc2c(c1N)C(=O)NC2=NC1CCCCC1. The van der Waals surface area contributed by atoms with Gasteiger partial charge in [0.2, 0.25) is 0 Å². The number of amidine groups is 1. The average molecular weight is 321 g/mol. The first-order chi connectivity index (χ1) is 10.6. The molecule has 22 heavy (non-hydrogen) atoms. The number of rotatable bonds is 3. The molecule has 0 unspecified atom stereocenters. The summed E-state index contributed by atoms with van der Waals surface area (Å²) >= 11 is 1.18. The fourth-order valence-electron chi connectivity index (χ4n) is 2.89. The second-order valence-corrected chi connectivity index (χ2v) is 6.51. The number of fused-ring (bicyclic) bond motifs is 1. The molecule has 1 amide bonds. The van der Waals surface area contributed by atoms with E-state index in [1.54, 1.807) is 6.92 Å². The minimum absolute atomic E-state index is 0.199. The van der Waals surface area contributed by atoms with E-state index in [0.717, 1.165) is 12.8 Å². The van der Waals surface area contributed by atoms with E-state index in [1.807, 2.05) is 0 Å². The predicted octanol–water partition coefficient (Wildman–Crippen LogP) is 2.33. The average Bonchev–Trinajstić information content (AvgIpc) is 3.00. The van der Waals surface area contributed by atoms with Crippen LogP contribution in [0.5, 0.6) is 0 Å². The molecule has 3 N–H and O–H groups in total. The van der Waals surface area contributed by atoms with E-state index in [9.17, 15) is 9.59 Å². The van der Waals surface area contributed by atoms with Gasteiger partial charge in [0.15, 0.2) is 0 Å². The normalized spacial score (nSPS) is 20.0. The third-order valence-electron chi connectivity index (χ3n) is 3.97. The van der Waals surface area contributed by atoms with E-state index >= 15 is 0 Å². The first kappa shape index (κ1) is 15.0. The number of amides is 1. The number of nitrogens with two attached hydrogens (primary N) is 1. The van der Waals surface area contributed by atoms with Crippen LogP contribution in [0.25, 0.3) is 0 Å². The number of esters is 1. The third kappa shape index (κ3) is 2.61. The van der Waals surface area contributed by atoms with Crippen molar-refractivity contribution in [2.24, 2.45) is 4.99 Å². The quantitative estimate of drug-likeness (QED) is 0.835. The maximum atomic E-state index is 12.1. The highest BCUT2D eigenvalue weighted by Crippen LogP contribution is 2.35. The Hall–Kier alpha value is -1.89. The van der Waals surface area contributed by atoms with Crippen LogP contribution in [0.2, 0.25) is 0 Å². The first-order valence-electron chi connectivity index (χ1n) is 7.60. The number of thiophene rings is 1. The lowest BCUT2D eigenvalue weighted by molar-refractivity contribution is 0.0533. The van der Waals surface area contributed by atoms with Crippen molar-refractivity contribution < 1.29 is 14.3 Å². The van der Waals surface area contributed by atoms with E-state index in [4.69, 9.17) is 10.5 Å². The van der Waals surface area contributed by atoms with Crippen LogP contribution in [0.4, 0.5) is 5.69 Å². The number of anilines is 1. The largest absolute Gasteiger partial charge is 0.462 e. The van der Waals surface area contributed by atoms with Crippen molar-refractivity contribution >= 4 is 34.7 Å². The second kappa shape index (κ2) is 6.08. The van der Waals surface area contributed by atoms with Gasteiger partial charge in [0.25, 0.3) is 5.91 Å². The van der Waals surface area contributed by atoms with Crippen LogP contribution in [0.15, 0.2) is 4.99 Å².